The van der Waals surface area contributed by atoms with Gasteiger partial charge in [0.1, 0.15) is 5.75 Å². The first-order chi connectivity index (χ1) is 13.9. The van der Waals surface area contributed by atoms with Crippen molar-refractivity contribution in [1.82, 2.24) is 5.43 Å². The van der Waals surface area contributed by atoms with Crippen LogP contribution in [0, 0.1) is 20.2 Å². The Kier molecular flexibility index (Phi) is 7.78. The summed E-state index contributed by atoms with van der Waals surface area (Å²) in [4.78, 5) is 32.5. The second-order valence-corrected chi connectivity index (χ2v) is 6.04. The van der Waals surface area contributed by atoms with E-state index in [9.17, 15) is 25.0 Å². The number of hydrogen-bond acceptors (Lipinski definition) is 7. The van der Waals surface area contributed by atoms with Crippen LogP contribution in [-0.4, -0.2) is 28.6 Å². The van der Waals surface area contributed by atoms with Gasteiger partial charge in [-0.15, -0.1) is 0 Å². The van der Waals surface area contributed by atoms with E-state index < -0.39 is 27.1 Å². The highest BCUT2D eigenvalue weighted by molar-refractivity contribution is 5.86. The molecule has 1 amide bonds. The van der Waals surface area contributed by atoms with Crippen LogP contribution in [0.3, 0.4) is 0 Å². The van der Waals surface area contributed by atoms with Gasteiger partial charge < -0.3 is 4.74 Å². The predicted molar refractivity (Wildman–Crippen MR) is 106 cm³/mol. The van der Waals surface area contributed by atoms with E-state index in [0.717, 1.165) is 25.0 Å². The number of ether oxygens (including phenoxy) is 1. The molecule has 0 bridgehead atoms. The number of non-ortho nitro benzene ring substituents is 1. The number of hydrazone groups is 1. The zero-order chi connectivity index (χ0) is 21.2. The Labute approximate surface area is 166 Å². The van der Waals surface area contributed by atoms with Gasteiger partial charge in [0.25, 0.3) is 11.4 Å². The van der Waals surface area contributed by atoms with E-state index in [2.05, 4.69) is 17.5 Å². The summed E-state index contributed by atoms with van der Waals surface area (Å²) in [6.45, 7) is 2.62. The van der Waals surface area contributed by atoms with E-state index in [1.54, 1.807) is 18.2 Å². The molecule has 10 heteroatoms. The molecule has 0 heterocycles. The van der Waals surface area contributed by atoms with Crippen molar-refractivity contribution in [3.05, 3.63) is 73.8 Å². The minimum atomic E-state index is -0.761. The summed E-state index contributed by atoms with van der Waals surface area (Å²) >= 11 is 0. The molecule has 0 radical (unpaired) electrons. The number of para-hydroxylation sites is 1. The summed E-state index contributed by atoms with van der Waals surface area (Å²) in [5.41, 5.74) is 2.11. The van der Waals surface area contributed by atoms with Gasteiger partial charge in [0.05, 0.1) is 35.2 Å². The fourth-order valence-electron chi connectivity index (χ4n) is 2.42. The summed E-state index contributed by atoms with van der Waals surface area (Å²) in [7, 11) is 0. The smallest absolute Gasteiger partial charge is 0.279 e. The van der Waals surface area contributed by atoms with Crippen molar-refractivity contribution in [3.63, 3.8) is 0 Å². The van der Waals surface area contributed by atoms with Gasteiger partial charge in [-0.1, -0.05) is 25.5 Å². The minimum absolute atomic E-state index is 0.0524. The second kappa shape index (κ2) is 10.5. The van der Waals surface area contributed by atoms with E-state index in [0.29, 0.717) is 17.9 Å². The van der Waals surface area contributed by atoms with Gasteiger partial charge in [-0.25, -0.2) is 5.43 Å². The van der Waals surface area contributed by atoms with Crippen molar-refractivity contribution < 1.29 is 19.4 Å². The van der Waals surface area contributed by atoms with Crippen molar-refractivity contribution in [3.8, 4) is 5.75 Å². The molecule has 2 rings (SSSR count). The van der Waals surface area contributed by atoms with E-state index in [4.69, 9.17) is 4.74 Å². The summed E-state index contributed by atoms with van der Waals surface area (Å²) in [5, 5.41) is 25.8. The van der Waals surface area contributed by atoms with Crippen molar-refractivity contribution in [2.45, 2.75) is 26.2 Å². The van der Waals surface area contributed by atoms with Crippen LogP contribution in [0.25, 0.3) is 0 Å². The molecule has 0 atom stereocenters. The fourth-order valence-corrected chi connectivity index (χ4v) is 2.42. The summed E-state index contributed by atoms with van der Waals surface area (Å²) < 4.78 is 5.67. The topological polar surface area (TPSA) is 137 Å². The van der Waals surface area contributed by atoms with Gasteiger partial charge in [0, 0.05) is 17.2 Å². The molecular weight excluding hydrogens is 380 g/mol. The first-order valence-corrected chi connectivity index (χ1v) is 8.87. The van der Waals surface area contributed by atoms with Gasteiger partial charge in [-0.2, -0.15) is 5.10 Å². The molecule has 2 aromatic rings. The Morgan fingerprint density at radius 1 is 1.17 bits per heavy atom. The number of benzene rings is 2. The first kappa shape index (κ1) is 21.5. The van der Waals surface area contributed by atoms with Crippen LogP contribution in [0.2, 0.25) is 0 Å². The molecule has 0 spiro atoms. The van der Waals surface area contributed by atoms with Crippen LogP contribution in [0.4, 0.5) is 11.4 Å². The Balaban J connectivity index is 2.04. The van der Waals surface area contributed by atoms with Gasteiger partial charge >= 0.3 is 0 Å². The Hall–Kier alpha value is -3.82. The lowest BCUT2D eigenvalue weighted by atomic mass is 10.1. The molecule has 0 unspecified atom stereocenters. The third-order valence-electron chi connectivity index (χ3n) is 3.89. The van der Waals surface area contributed by atoms with Crippen LogP contribution in [0.15, 0.2) is 47.6 Å². The number of nitrogens with zero attached hydrogens (tertiary/aromatic N) is 3. The van der Waals surface area contributed by atoms with Crippen LogP contribution in [-0.2, 0) is 11.2 Å². The number of nitro benzene ring substituents is 2. The van der Waals surface area contributed by atoms with Gasteiger partial charge in [0.15, 0.2) is 0 Å². The molecule has 0 saturated heterocycles. The maximum Gasteiger partial charge on any atom is 0.279 e. The fraction of sp³-hybridized carbons (Fsp3) is 0.263. The Morgan fingerprint density at radius 2 is 1.93 bits per heavy atom. The maximum atomic E-state index is 12.1. The molecule has 1 N–H and O–H groups in total. The van der Waals surface area contributed by atoms with Crippen molar-refractivity contribution in [1.29, 1.82) is 0 Å². The van der Waals surface area contributed by atoms with E-state index in [1.165, 1.54) is 12.3 Å². The minimum Gasteiger partial charge on any atom is -0.493 e. The summed E-state index contributed by atoms with van der Waals surface area (Å²) in [6.07, 6.45) is 2.99. The number of carbonyl (C=O) groups excluding carboxylic acids is 1. The van der Waals surface area contributed by atoms with Crippen LogP contribution in [0.5, 0.6) is 5.75 Å². The quantitative estimate of drug-likeness (QED) is 0.281. The van der Waals surface area contributed by atoms with E-state index >= 15 is 0 Å². The highest BCUT2D eigenvalue weighted by Crippen LogP contribution is 2.25. The number of rotatable bonds is 10. The molecule has 0 aliphatic rings. The van der Waals surface area contributed by atoms with Gasteiger partial charge in [-0.05, 0) is 24.6 Å². The largest absolute Gasteiger partial charge is 0.493 e. The highest BCUT2D eigenvalue weighted by Gasteiger charge is 2.21. The third kappa shape index (κ3) is 6.38. The molecule has 0 aliphatic heterocycles. The maximum absolute atomic E-state index is 12.1. The van der Waals surface area contributed by atoms with E-state index in [-0.39, 0.29) is 12.0 Å². The van der Waals surface area contributed by atoms with Crippen molar-refractivity contribution >= 4 is 23.5 Å². The third-order valence-corrected chi connectivity index (χ3v) is 3.89. The molecule has 0 aromatic heterocycles. The van der Waals surface area contributed by atoms with Gasteiger partial charge in [-0.3, -0.25) is 25.0 Å². The predicted octanol–water partition coefficient (Wildman–Crippen LogP) is 3.37. The van der Waals surface area contributed by atoms with Crippen LogP contribution >= 0.6 is 0 Å². The second-order valence-electron chi connectivity index (χ2n) is 6.04. The average molecular weight is 400 g/mol. The normalized spacial score (nSPS) is 10.7. The van der Waals surface area contributed by atoms with E-state index in [1.807, 2.05) is 6.07 Å². The SMILES string of the molecule is CCCCOc1ccccc1/C=N/NC(=O)Cc1ccc([N+](=O)[O-])cc1[N+](=O)[O-]. The summed E-state index contributed by atoms with van der Waals surface area (Å²) in [5.74, 6) is 0.0348. The highest BCUT2D eigenvalue weighted by atomic mass is 16.6. The average Bonchev–Trinajstić information content (AvgIpc) is 2.69. The lowest BCUT2D eigenvalue weighted by Gasteiger charge is -2.08. The number of unbranched alkanes of at least 4 members (excludes halogenated alkanes) is 1. The molecular formula is C19H20N4O6. The number of hydrogen-bond donors (Lipinski definition) is 1. The molecule has 0 fully saturated rings. The molecule has 10 nitrogen and oxygen atoms in total. The molecule has 152 valence electrons. The lowest BCUT2D eigenvalue weighted by molar-refractivity contribution is -0.394. The number of amides is 1. The lowest BCUT2D eigenvalue weighted by Crippen LogP contribution is -2.20. The first-order valence-electron chi connectivity index (χ1n) is 8.87. The standard InChI is InChI=1S/C19H20N4O6/c1-2-3-10-29-18-7-5-4-6-15(18)13-20-21-19(24)11-14-8-9-16(22(25)26)12-17(14)23(27)28/h4-9,12-13H,2-3,10-11H2,1H3,(H,21,24)/b20-13+. The van der Waals surface area contributed by atoms with Crippen LogP contribution in [0.1, 0.15) is 30.9 Å². The molecule has 0 aliphatic carbocycles. The van der Waals surface area contributed by atoms with Crippen LogP contribution < -0.4 is 10.2 Å². The molecule has 0 saturated carbocycles. The number of nitro groups is 2. The van der Waals surface area contributed by atoms with Gasteiger partial charge in [0.2, 0.25) is 5.91 Å². The zero-order valence-corrected chi connectivity index (χ0v) is 15.7. The number of nitrogens with one attached hydrogen (secondary N) is 1. The summed E-state index contributed by atoms with van der Waals surface area (Å²) in [6, 6.07) is 10.3. The van der Waals surface area contributed by atoms with Crippen molar-refractivity contribution in [2.24, 2.45) is 5.10 Å². The molecule has 29 heavy (non-hydrogen) atoms. The van der Waals surface area contributed by atoms with Crippen molar-refractivity contribution in [2.75, 3.05) is 6.61 Å². The monoisotopic (exact) mass is 400 g/mol. The zero-order valence-electron chi connectivity index (χ0n) is 15.7. The Morgan fingerprint density at radius 3 is 2.62 bits per heavy atom. The molecule has 2 aromatic carbocycles. The number of carbonyl (C=O) groups is 1. The Bertz CT molecular complexity index is 929.